The van der Waals surface area contributed by atoms with Crippen molar-refractivity contribution in [3.05, 3.63) is 29.0 Å². The summed E-state index contributed by atoms with van der Waals surface area (Å²) in [7, 11) is 0. The van der Waals surface area contributed by atoms with Gasteiger partial charge in [0.15, 0.2) is 5.69 Å². The molecule has 0 spiro atoms. The van der Waals surface area contributed by atoms with Crippen LogP contribution in [0, 0.1) is 13.8 Å². The number of primary amides is 1. The Morgan fingerprint density at radius 1 is 1.32 bits per heavy atom. The van der Waals surface area contributed by atoms with E-state index in [-0.39, 0.29) is 5.69 Å². The highest BCUT2D eigenvalue weighted by atomic mass is 16.5. The number of ether oxygens (including phenoxy) is 1. The zero-order chi connectivity index (χ0) is 14.0. The normalized spacial score (nSPS) is 10.5. The zero-order valence-corrected chi connectivity index (χ0v) is 11.2. The first-order valence-corrected chi connectivity index (χ1v) is 5.99. The molecule has 0 saturated carbocycles. The number of nitrogens with zero attached hydrogens (tertiary/aromatic N) is 2. The third-order valence-corrected chi connectivity index (χ3v) is 2.84. The first-order valence-electron chi connectivity index (χ1n) is 5.99. The minimum Gasteiger partial charge on any atom is -0.494 e. The number of rotatable bonds is 4. The largest absolute Gasteiger partial charge is 0.494 e. The molecule has 0 bridgehead atoms. The first kappa shape index (κ1) is 13.1. The number of amides is 1. The molecule has 6 nitrogen and oxygen atoms in total. The van der Waals surface area contributed by atoms with Crippen LogP contribution in [0.4, 0.5) is 0 Å². The molecule has 6 heteroatoms. The maximum atomic E-state index is 11.3. The van der Waals surface area contributed by atoms with Crippen molar-refractivity contribution in [1.29, 1.82) is 0 Å². The molecule has 1 aromatic carbocycles. The van der Waals surface area contributed by atoms with E-state index in [0.717, 1.165) is 22.4 Å². The van der Waals surface area contributed by atoms with Gasteiger partial charge >= 0.3 is 0 Å². The van der Waals surface area contributed by atoms with Crippen LogP contribution in [0.15, 0.2) is 12.1 Å². The Hall–Kier alpha value is -2.37. The Morgan fingerprint density at radius 3 is 2.47 bits per heavy atom. The lowest BCUT2D eigenvalue weighted by Crippen LogP contribution is -2.13. The third kappa shape index (κ3) is 2.42. The third-order valence-electron chi connectivity index (χ3n) is 2.84. The van der Waals surface area contributed by atoms with Crippen LogP contribution in [0.2, 0.25) is 0 Å². The smallest absolute Gasteiger partial charge is 0.271 e. The molecule has 100 valence electrons. The number of H-pyrrole nitrogens is 1. The second-order valence-corrected chi connectivity index (χ2v) is 4.25. The first-order chi connectivity index (χ1) is 9.04. The van der Waals surface area contributed by atoms with E-state index in [4.69, 9.17) is 10.5 Å². The molecule has 0 fully saturated rings. The minimum absolute atomic E-state index is 0.148. The number of carbonyl (C=O) groups is 1. The molecule has 1 amide bonds. The second kappa shape index (κ2) is 5.09. The van der Waals surface area contributed by atoms with Crippen LogP contribution < -0.4 is 10.5 Å². The predicted octanol–water partition coefficient (Wildman–Crippen LogP) is 1.59. The predicted molar refractivity (Wildman–Crippen MR) is 71.0 cm³/mol. The van der Waals surface area contributed by atoms with E-state index in [1.54, 1.807) is 0 Å². The van der Waals surface area contributed by atoms with Gasteiger partial charge in [-0.25, -0.2) is 0 Å². The molecular formula is C13H16N4O2. The van der Waals surface area contributed by atoms with Crippen molar-refractivity contribution >= 4 is 5.91 Å². The van der Waals surface area contributed by atoms with Crippen LogP contribution >= 0.6 is 0 Å². The Morgan fingerprint density at radius 2 is 1.95 bits per heavy atom. The van der Waals surface area contributed by atoms with Crippen molar-refractivity contribution in [2.75, 3.05) is 6.61 Å². The van der Waals surface area contributed by atoms with E-state index in [1.807, 2.05) is 32.9 Å². The fourth-order valence-corrected chi connectivity index (χ4v) is 2.12. The maximum Gasteiger partial charge on any atom is 0.271 e. The number of benzene rings is 1. The molecule has 2 aromatic rings. The lowest BCUT2D eigenvalue weighted by Gasteiger charge is -2.11. The number of aryl methyl sites for hydroxylation is 2. The molecule has 0 aliphatic rings. The second-order valence-electron chi connectivity index (χ2n) is 4.25. The van der Waals surface area contributed by atoms with E-state index in [0.29, 0.717) is 12.3 Å². The van der Waals surface area contributed by atoms with Gasteiger partial charge in [-0.2, -0.15) is 15.4 Å². The Balaban J connectivity index is 2.56. The lowest BCUT2D eigenvalue weighted by atomic mass is 9.98. The highest BCUT2D eigenvalue weighted by Crippen LogP contribution is 2.30. The van der Waals surface area contributed by atoms with Gasteiger partial charge in [-0.3, -0.25) is 4.79 Å². The molecule has 19 heavy (non-hydrogen) atoms. The van der Waals surface area contributed by atoms with Gasteiger partial charge < -0.3 is 10.5 Å². The van der Waals surface area contributed by atoms with Gasteiger partial charge in [0.25, 0.3) is 5.91 Å². The van der Waals surface area contributed by atoms with Gasteiger partial charge in [0.05, 0.1) is 6.61 Å². The Bertz CT molecular complexity index is 596. The molecule has 0 aliphatic heterocycles. The van der Waals surface area contributed by atoms with Crippen molar-refractivity contribution < 1.29 is 9.53 Å². The van der Waals surface area contributed by atoms with Gasteiger partial charge in [-0.15, -0.1) is 0 Å². The molecule has 0 unspecified atom stereocenters. The molecule has 0 aliphatic carbocycles. The summed E-state index contributed by atoms with van der Waals surface area (Å²) in [5.41, 5.74) is 8.68. The van der Waals surface area contributed by atoms with Gasteiger partial charge in [-0.05, 0) is 44.0 Å². The SMILES string of the molecule is CCOc1cc(C)c(-c2n[nH]nc2C(N)=O)c(C)c1. The summed E-state index contributed by atoms with van der Waals surface area (Å²) < 4.78 is 5.48. The molecule has 1 heterocycles. The van der Waals surface area contributed by atoms with Gasteiger partial charge in [0.1, 0.15) is 11.4 Å². The molecule has 0 saturated heterocycles. The quantitative estimate of drug-likeness (QED) is 0.872. The Labute approximate surface area is 111 Å². The fraction of sp³-hybridized carbons (Fsp3) is 0.308. The summed E-state index contributed by atoms with van der Waals surface area (Å²) in [6, 6.07) is 3.82. The average Bonchev–Trinajstić information content (AvgIpc) is 2.77. The summed E-state index contributed by atoms with van der Waals surface area (Å²) in [6.45, 7) is 6.41. The number of hydrogen-bond acceptors (Lipinski definition) is 4. The minimum atomic E-state index is -0.601. The zero-order valence-electron chi connectivity index (χ0n) is 11.2. The van der Waals surface area contributed by atoms with Crippen LogP contribution in [-0.4, -0.2) is 27.9 Å². The Kier molecular flexibility index (Phi) is 3.50. The van der Waals surface area contributed by atoms with Crippen LogP contribution in [-0.2, 0) is 0 Å². The lowest BCUT2D eigenvalue weighted by molar-refractivity contribution is 0.0996. The van der Waals surface area contributed by atoms with E-state index >= 15 is 0 Å². The number of hydrogen-bond donors (Lipinski definition) is 2. The van der Waals surface area contributed by atoms with Crippen molar-refractivity contribution in [2.24, 2.45) is 5.73 Å². The molecule has 0 atom stereocenters. The summed E-state index contributed by atoms with van der Waals surface area (Å²) >= 11 is 0. The van der Waals surface area contributed by atoms with E-state index in [1.165, 1.54) is 0 Å². The number of nitrogens with one attached hydrogen (secondary N) is 1. The molecule has 1 aromatic heterocycles. The average molecular weight is 260 g/mol. The topological polar surface area (TPSA) is 93.9 Å². The standard InChI is InChI=1S/C13H16N4O2/c1-4-19-9-5-7(2)10(8(3)6-9)11-12(13(14)18)16-17-15-11/h5-6H,4H2,1-3H3,(H2,14,18)(H,15,16,17). The highest BCUT2D eigenvalue weighted by Gasteiger charge is 2.19. The number of aromatic amines is 1. The van der Waals surface area contributed by atoms with Crippen molar-refractivity contribution in [3.63, 3.8) is 0 Å². The number of carbonyl (C=O) groups excluding carboxylic acids is 1. The van der Waals surface area contributed by atoms with Crippen LogP contribution in [0.1, 0.15) is 28.5 Å². The highest BCUT2D eigenvalue weighted by molar-refractivity contribution is 5.97. The van der Waals surface area contributed by atoms with Crippen molar-refractivity contribution in [1.82, 2.24) is 15.4 Å². The van der Waals surface area contributed by atoms with Crippen LogP contribution in [0.3, 0.4) is 0 Å². The van der Waals surface area contributed by atoms with E-state index in [9.17, 15) is 4.79 Å². The molecular weight excluding hydrogens is 244 g/mol. The summed E-state index contributed by atoms with van der Waals surface area (Å²) in [6.07, 6.45) is 0. The molecule has 0 radical (unpaired) electrons. The maximum absolute atomic E-state index is 11.3. The molecule has 3 N–H and O–H groups in total. The molecule has 2 rings (SSSR count). The van der Waals surface area contributed by atoms with Gasteiger partial charge in [-0.1, -0.05) is 0 Å². The summed E-state index contributed by atoms with van der Waals surface area (Å²) in [4.78, 5) is 11.3. The van der Waals surface area contributed by atoms with Crippen molar-refractivity contribution in [3.8, 4) is 17.0 Å². The number of aromatic nitrogens is 3. The fourth-order valence-electron chi connectivity index (χ4n) is 2.12. The van der Waals surface area contributed by atoms with E-state index in [2.05, 4.69) is 15.4 Å². The van der Waals surface area contributed by atoms with Gasteiger partial charge in [0.2, 0.25) is 0 Å². The summed E-state index contributed by atoms with van der Waals surface area (Å²) in [5.74, 6) is 0.196. The number of nitrogens with two attached hydrogens (primary N) is 1. The van der Waals surface area contributed by atoms with Crippen molar-refractivity contribution in [2.45, 2.75) is 20.8 Å². The van der Waals surface area contributed by atoms with Crippen LogP contribution in [0.25, 0.3) is 11.3 Å². The van der Waals surface area contributed by atoms with Crippen LogP contribution in [0.5, 0.6) is 5.75 Å². The summed E-state index contributed by atoms with van der Waals surface area (Å²) in [5, 5.41) is 10.3. The monoisotopic (exact) mass is 260 g/mol. The van der Waals surface area contributed by atoms with Gasteiger partial charge in [0, 0.05) is 5.56 Å². The van der Waals surface area contributed by atoms with E-state index < -0.39 is 5.91 Å².